The lowest BCUT2D eigenvalue weighted by molar-refractivity contribution is 0.442. The molecule has 0 aliphatic heterocycles. The Kier molecular flexibility index (Phi) is 3.18. The summed E-state index contributed by atoms with van der Waals surface area (Å²) in [6.07, 6.45) is 3.41. The van der Waals surface area contributed by atoms with Crippen LogP contribution in [0.15, 0.2) is 12.4 Å². The van der Waals surface area contributed by atoms with Crippen molar-refractivity contribution < 1.29 is 4.74 Å². The zero-order chi connectivity index (χ0) is 14.2. The van der Waals surface area contributed by atoms with Gasteiger partial charge in [-0.3, -0.25) is 4.68 Å². The molecule has 0 spiro atoms. The van der Waals surface area contributed by atoms with E-state index in [-0.39, 0.29) is 5.41 Å². The number of anilines is 1. The van der Waals surface area contributed by atoms with E-state index in [1.54, 1.807) is 17.1 Å². The van der Waals surface area contributed by atoms with Crippen molar-refractivity contribution >= 4 is 5.82 Å². The molecular weight excluding hydrogens is 242 g/mol. The van der Waals surface area contributed by atoms with Crippen LogP contribution in [0.2, 0.25) is 0 Å². The molecule has 0 aromatic carbocycles. The monoisotopic (exact) mass is 261 g/mol. The largest absolute Gasteiger partial charge is 0.435 e. The molecule has 6 nitrogen and oxygen atoms in total. The maximum Gasteiger partial charge on any atom is 0.227 e. The molecular formula is C13H19N5O. The molecule has 2 heterocycles. The van der Waals surface area contributed by atoms with Crippen molar-refractivity contribution in [3.05, 3.63) is 23.8 Å². The van der Waals surface area contributed by atoms with Crippen LogP contribution >= 0.6 is 0 Å². The maximum atomic E-state index is 5.93. The van der Waals surface area contributed by atoms with E-state index in [9.17, 15) is 0 Å². The molecule has 2 N–H and O–H groups in total. The number of hydrogen-bond donors (Lipinski definition) is 1. The summed E-state index contributed by atoms with van der Waals surface area (Å²) in [5.41, 5.74) is 6.47. The molecule has 19 heavy (non-hydrogen) atoms. The lowest BCUT2D eigenvalue weighted by Gasteiger charge is -2.18. The first-order chi connectivity index (χ1) is 8.77. The van der Waals surface area contributed by atoms with Crippen LogP contribution in [-0.2, 0) is 12.5 Å². The van der Waals surface area contributed by atoms with Crippen molar-refractivity contribution in [3.8, 4) is 11.6 Å². The first-order valence-electron chi connectivity index (χ1n) is 6.08. The van der Waals surface area contributed by atoms with Gasteiger partial charge in [-0.05, 0) is 6.92 Å². The summed E-state index contributed by atoms with van der Waals surface area (Å²) in [6.45, 7) is 7.94. The van der Waals surface area contributed by atoms with Gasteiger partial charge in [0, 0.05) is 12.5 Å². The number of aromatic nitrogens is 4. The van der Waals surface area contributed by atoms with Crippen LogP contribution in [0, 0.1) is 6.92 Å². The van der Waals surface area contributed by atoms with Gasteiger partial charge in [-0.25, -0.2) is 4.98 Å². The Balaban J connectivity index is 2.41. The molecule has 0 fully saturated rings. The van der Waals surface area contributed by atoms with E-state index in [2.05, 4.69) is 15.1 Å². The number of aryl methyl sites for hydroxylation is 1. The Morgan fingerprint density at radius 3 is 2.47 bits per heavy atom. The van der Waals surface area contributed by atoms with E-state index in [1.165, 1.54) is 0 Å². The van der Waals surface area contributed by atoms with Crippen LogP contribution < -0.4 is 10.5 Å². The predicted molar refractivity (Wildman–Crippen MR) is 73.2 cm³/mol. The third kappa shape index (κ3) is 2.83. The Labute approximate surface area is 112 Å². The quantitative estimate of drug-likeness (QED) is 0.896. The smallest absolute Gasteiger partial charge is 0.227 e. The van der Waals surface area contributed by atoms with Gasteiger partial charge in [-0.15, -0.1) is 0 Å². The van der Waals surface area contributed by atoms with E-state index in [4.69, 9.17) is 10.5 Å². The van der Waals surface area contributed by atoms with Gasteiger partial charge in [0.2, 0.25) is 5.88 Å². The highest BCUT2D eigenvalue weighted by atomic mass is 16.5. The number of nitrogen functional groups attached to an aromatic ring is 1. The molecule has 0 saturated carbocycles. The van der Waals surface area contributed by atoms with Gasteiger partial charge in [0.1, 0.15) is 11.6 Å². The van der Waals surface area contributed by atoms with Crippen molar-refractivity contribution in [1.29, 1.82) is 0 Å². The minimum atomic E-state index is -0.186. The summed E-state index contributed by atoms with van der Waals surface area (Å²) in [5, 5.41) is 4.05. The lowest BCUT2D eigenvalue weighted by atomic mass is 9.95. The van der Waals surface area contributed by atoms with Crippen molar-refractivity contribution in [2.45, 2.75) is 33.1 Å². The average molecular weight is 261 g/mol. The van der Waals surface area contributed by atoms with Crippen LogP contribution in [0.5, 0.6) is 11.6 Å². The zero-order valence-corrected chi connectivity index (χ0v) is 11.9. The molecule has 102 valence electrons. The molecule has 2 rings (SSSR count). The van der Waals surface area contributed by atoms with E-state index < -0.39 is 0 Å². The van der Waals surface area contributed by atoms with Gasteiger partial charge in [0.05, 0.1) is 18.0 Å². The first kappa shape index (κ1) is 13.3. The maximum absolute atomic E-state index is 5.93. The minimum absolute atomic E-state index is 0.186. The number of nitrogens with zero attached hydrogens (tertiary/aromatic N) is 4. The number of nitrogens with two attached hydrogens (primary N) is 1. The van der Waals surface area contributed by atoms with Crippen molar-refractivity contribution in [1.82, 2.24) is 19.7 Å². The van der Waals surface area contributed by atoms with E-state index >= 15 is 0 Å². The summed E-state index contributed by atoms with van der Waals surface area (Å²) < 4.78 is 7.40. The number of ether oxygens (including phenoxy) is 1. The van der Waals surface area contributed by atoms with E-state index in [0.717, 1.165) is 5.56 Å². The lowest BCUT2D eigenvalue weighted by Crippen LogP contribution is -2.18. The third-order valence-electron chi connectivity index (χ3n) is 2.71. The summed E-state index contributed by atoms with van der Waals surface area (Å²) in [6, 6.07) is 0. The molecule has 2 aromatic heterocycles. The summed E-state index contributed by atoms with van der Waals surface area (Å²) in [5.74, 6) is 2.21. The molecule has 0 aliphatic carbocycles. The van der Waals surface area contributed by atoms with Crippen molar-refractivity contribution in [2.75, 3.05) is 5.73 Å². The fraction of sp³-hybridized carbons (Fsp3) is 0.462. The average Bonchev–Trinajstić information content (AvgIpc) is 2.69. The second-order valence-corrected chi connectivity index (χ2v) is 5.56. The fourth-order valence-electron chi connectivity index (χ4n) is 1.51. The Morgan fingerprint density at radius 1 is 1.26 bits per heavy atom. The minimum Gasteiger partial charge on any atom is -0.435 e. The van der Waals surface area contributed by atoms with Gasteiger partial charge in [-0.1, -0.05) is 20.8 Å². The van der Waals surface area contributed by atoms with Crippen molar-refractivity contribution in [2.24, 2.45) is 7.05 Å². The molecule has 0 radical (unpaired) electrons. The second-order valence-electron chi connectivity index (χ2n) is 5.56. The second kappa shape index (κ2) is 4.53. The van der Waals surface area contributed by atoms with E-state index in [0.29, 0.717) is 23.3 Å². The molecule has 0 saturated heterocycles. The standard InChI is InChI=1S/C13H19N5O/c1-8-10(14)16-12(13(2,3)4)17-11(8)19-9-6-15-18(5)7-9/h6-7H,1-5H3,(H2,14,16,17). The molecule has 0 unspecified atom stereocenters. The van der Waals surface area contributed by atoms with Crippen LogP contribution in [0.4, 0.5) is 5.82 Å². The topological polar surface area (TPSA) is 78.8 Å². The molecule has 0 amide bonds. The predicted octanol–water partition coefficient (Wildman–Crippen LogP) is 2.19. The van der Waals surface area contributed by atoms with Crippen LogP contribution in [0.1, 0.15) is 32.2 Å². The summed E-state index contributed by atoms with van der Waals surface area (Å²) in [4.78, 5) is 8.78. The highest BCUT2D eigenvalue weighted by Crippen LogP contribution is 2.29. The normalized spacial score (nSPS) is 11.6. The van der Waals surface area contributed by atoms with Crippen LogP contribution in [-0.4, -0.2) is 19.7 Å². The summed E-state index contributed by atoms with van der Waals surface area (Å²) >= 11 is 0. The summed E-state index contributed by atoms with van der Waals surface area (Å²) in [7, 11) is 1.83. The zero-order valence-electron chi connectivity index (χ0n) is 11.9. The number of hydrogen-bond acceptors (Lipinski definition) is 5. The van der Waals surface area contributed by atoms with Gasteiger partial charge in [0.15, 0.2) is 5.75 Å². The molecule has 0 aliphatic rings. The van der Waals surface area contributed by atoms with Crippen molar-refractivity contribution in [3.63, 3.8) is 0 Å². The fourth-order valence-corrected chi connectivity index (χ4v) is 1.51. The molecule has 0 atom stereocenters. The first-order valence-corrected chi connectivity index (χ1v) is 6.08. The molecule has 6 heteroatoms. The Morgan fingerprint density at radius 2 is 1.95 bits per heavy atom. The highest BCUT2D eigenvalue weighted by Gasteiger charge is 2.21. The molecule has 0 bridgehead atoms. The van der Waals surface area contributed by atoms with Gasteiger partial charge in [-0.2, -0.15) is 10.1 Å². The third-order valence-corrected chi connectivity index (χ3v) is 2.71. The molecule has 2 aromatic rings. The Bertz CT molecular complexity index is 598. The number of rotatable bonds is 2. The SMILES string of the molecule is Cc1c(N)nc(C(C)(C)C)nc1Oc1cnn(C)c1. The van der Waals surface area contributed by atoms with Gasteiger partial charge >= 0.3 is 0 Å². The highest BCUT2D eigenvalue weighted by molar-refractivity contribution is 5.46. The van der Waals surface area contributed by atoms with Crippen LogP contribution in [0.25, 0.3) is 0 Å². The Hall–Kier alpha value is -2.11. The van der Waals surface area contributed by atoms with Gasteiger partial charge in [0.25, 0.3) is 0 Å². The van der Waals surface area contributed by atoms with Crippen LogP contribution in [0.3, 0.4) is 0 Å². The van der Waals surface area contributed by atoms with E-state index in [1.807, 2.05) is 34.7 Å². The van der Waals surface area contributed by atoms with Gasteiger partial charge < -0.3 is 10.5 Å².